The van der Waals surface area contributed by atoms with Gasteiger partial charge in [0.25, 0.3) is 0 Å². The predicted molar refractivity (Wildman–Crippen MR) is 197 cm³/mol. The van der Waals surface area contributed by atoms with E-state index >= 15 is 0 Å². The topological polar surface area (TPSA) is 13.1 Å². The molecule has 0 atom stereocenters. The molecule has 0 spiro atoms. The second kappa shape index (κ2) is 9.54. The molecule has 0 radical (unpaired) electrons. The molecule has 0 fully saturated rings. The normalized spacial score (nSPS) is 19.6. The summed E-state index contributed by atoms with van der Waals surface area (Å²) in [7, 11) is 0. The molecule has 1 heteroatoms. The van der Waals surface area contributed by atoms with Crippen LogP contribution in [0.3, 0.4) is 0 Å². The van der Waals surface area contributed by atoms with Crippen molar-refractivity contribution in [2.24, 2.45) is 0 Å². The lowest BCUT2D eigenvalue weighted by Crippen LogP contribution is -1.92. The molecule has 1 nitrogen and oxygen atoms in total. The molecule has 0 bridgehead atoms. The Balaban J connectivity index is 1.56. The van der Waals surface area contributed by atoms with Crippen LogP contribution >= 0.6 is 0 Å². The largest absolute Gasteiger partial charge is 0.456 e. The maximum atomic E-state index is 9.88. The summed E-state index contributed by atoms with van der Waals surface area (Å²) >= 11 is 0. The number of benzene rings is 9. The van der Waals surface area contributed by atoms with E-state index in [1.54, 1.807) is 0 Å². The third-order valence-corrected chi connectivity index (χ3v) is 8.01. The summed E-state index contributed by atoms with van der Waals surface area (Å²) in [5, 5.41) is -6.06. The first-order chi connectivity index (χ1) is 33.2. The smallest absolute Gasteiger partial charge is 0.136 e. The third-order valence-electron chi connectivity index (χ3n) is 8.01. The van der Waals surface area contributed by atoms with Crippen molar-refractivity contribution in [3.8, 4) is 22.3 Å². The second-order valence-corrected chi connectivity index (χ2v) is 10.5. The molecule has 0 aliphatic rings. The van der Waals surface area contributed by atoms with Gasteiger partial charge in [0.15, 0.2) is 0 Å². The zero-order chi connectivity index (χ0) is 52.1. The molecule has 46 heavy (non-hydrogen) atoms. The molecule has 0 amide bonds. The Morgan fingerprint density at radius 1 is 0.413 bits per heavy atom. The standard InChI is InChI=1S/C45H28O/c1-27-11-10-14-30-25-40(32-15-4-5-16-33(32)43(27)30)45-36-19-8-6-17-34(36)44(35-18-7-9-20-37(35)45)31-21-22-41-38(24-31)39-23-28-12-2-3-13-29(28)26-42(39)46-41/h2-26H,1H3/i2D,3D,4D,5D,6D,7D,8D,9D,10D,11D,12D,13D,14D,15D,16D,17D,18D,19D,20D,21D,22D,23D,24D,25D,26D. The van der Waals surface area contributed by atoms with Gasteiger partial charge in [0.1, 0.15) is 11.2 Å². The van der Waals surface area contributed by atoms with Crippen molar-refractivity contribution in [1.29, 1.82) is 0 Å². The number of aryl methyl sites for hydroxylation is 1. The fraction of sp³-hybridized carbons (Fsp3) is 0.0222. The minimum Gasteiger partial charge on any atom is -0.456 e. The van der Waals surface area contributed by atoms with Crippen LogP contribution in [0.5, 0.6) is 0 Å². The molecule has 1 aromatic heterocycles. The van der Waals surface area contributed by atoms with E-state index in [2.05, 4.69) is 0 Å². The van der Waals surface area contributed by atoms with Crippen LogP contribution in [0.4, 0.5) is 0 Å². The van der Waals surface area contributed by atoms with E-state index in [4.69, 9.17) is 23.6 Å². The number of hydrogen-bond donors (Lipinski definition) is 0. The maximum absolute atomic E-state index is 9.88. The molecule has 0 aliphatic heterocycles. The van der Waals surface area contributed by atoms with Gasteiger partial charge >= 0.3 is 0 Å². The van der Waals surface area contributed by atoms with Gasteiger partial charge in [-0.1, -0.05) is 121 Å². The Labute approximate surface area is 301 Å². The molecule has 0 N–H and O–H groups in total. The van der Waals surface area contributed by atoms with Gasteiger partial charge in [0.2, 0.25) is 0 Å². The zero-order valence-electron chi connectivity index (χ0n) is 48.4. The molecule has 1 heterocycles. The van der Waals surface area contributed by atoms with Gasteiger partial charge in [-0.05, 0) is 119 Å². The lowest BCUT2D eigenvalue weighted by atomic mass is 9.83. The van der Waals surface area contributed by atoms with E-state index < -0.39 is 238 Å². The van der Waals surface area contributed by atoms with Crippen LogP contribution in [0.15, 0.2) is 155 Å². The van der Waals surface area contributed by atoms with Crippen LogP contribution in [-0.4, -0.2) is 0 Å². The van der Waals surface area contributed by atoms with E-state index in [-0.39, 0.29) is 16.3 Å². The van der Waals surface area contributed by atoms with Gasteiger partial charge in [-0.15, -0.1) is 0 Å². The molecular weight excluding hydrogens is 556 g/mol. The Morgan fingerprint density at radius 3 is 1.70 bits per heavy atom. The molecule has 10 aromatic rings. The maximum Gasteiger partial charge on any atom is 0.136 e. The van der Waals surface area contributed by atoms with E-state index in [1.807, 2.05) is 0 Å². The van der Waals surface area contributed by atoms with E-state index in [1.165, 1.54) is 6.92 Å². The molecular formula is C45H28O. The molecule has 10 rings (SSSR count). The van der Waals surface area contributed by atoms with Crippen LogP contribution in [0, 0.1) is 6.92 Å². The fourth-order valence-electron chi connectivity index (χ4n) is 6.08. The van der Waals surface area contributed by atoms with Gasteiger partial charge in [-0.25, -0.2) is 0 Å². The SMILES string of the molecule is [2H]c1c(-c2c3c([2H])c([2H])c([2H])c([2H])c3c(-c3c([2H])c4c([2H])c([2H])c([2H])c(C)c4c4c([2H])c([2H])c([2H])c([2H])c34)c3c([2H])c([2H])c([2H])c([2H])c23)c([2H])c2c(oc3c([2H])c4c([2H])c([2H])c([2H])c([2H])c4c([2H])c32)c1[2H]. The van der Waals surface area contributed by atoms with Gasteiger partial charge in [0.05, 0.1) is 34.3 Å². The third kappa shape index (κ3) is 3.57. The lowest BCUT2D eigenvalue weighted by molar-refractivity contribution is 0.669. The predicted octanol–water partition coefficient (Wildman–Crippen LogP) is 13.0. The zero-order valence-corrected chi connectivity index (χ0v) is 23.4. The number of fused-ring (bicyclic) bond motifs is 9. The van der Waals surface area contributed by atoms with Crippen molar-refractivity contribution in [2.45, 2.75) is 6.92 Å². The minimum absolute atomic E-state index is 0.0639. The van der Waals surface area contributed by atoms with Gasteiger partial charge in [-0.2, -0.15) is 0 Å². The van der Waals surface area contributed by atoms with Crippen molar-refractivity contribution in [3.05, 3.63) is 157 Å². The van der Waals surface area contributed by atoms with Crippen molar-refractivity contribution >= 4 is 75.8 Å². The molecule has 0 saturated heterocycles. The van der Waals surface area contributed by atoms with Crippen molar-refractivity contribution in [3.63, 3.8) is 0 Å². The Morgan fingerprint density at radius 2 is 0.978 bits per heavy atom. The lowest BCUT2D eigenvalue weighted by Gasteiger charge is -2.20. The Bertz CT molecular complexity index is 4210. The summed E-state index contributed by atoms with van der Waals surface area (Å²) in [5.41, 5.74) is -3.83. The summed E-state index contributed by atoms with van der Waals surface area (Å²) < 4.78 is 233. The first-order valence-electron chi connectivity index (χ1n) is 26.4. The van der Waals surface area contributed by atoms with Gasteiger partial charge in [-0.3, -0.25) is 0 Å². The first kappa shape index (κ1) is 11.2. The Hall–Kier alpha value is -5.92. The monoisotopic (exact) mass is 609 g/mol. The van der Waals surface area contributed by atoms with Gasteiger partial charge < -0.3 is 4.42 Å². The average molecular weight is 610 g/mol. The van der Waals surface area contributed by atoms with Crippen molar-refractivity contribution < 1.29 is 38.7 Å². The Kier molecular flexibility index (Phi) is 2.31. The number of furan rings is 1. The van der Waals surface area contributed by atoms with Crippen LogP contribution in [0.25, 0.3) is 98.1 Å². The molecule has 0 saturated carbocycles. The summed E-state index contributed by atoms with van der Waals surface area (Å²) in [5.74, 6) is 0. The summed E-state index contributed by atoms with van der Waals surface area (Å²) in [6.07, 6.45) is 0. The highest BCUT2D eigenvalue weighted by atomic mass is 16.3. The average Bonchev–Trinajstić information content (AvgIpc) is 3.76. The molecule has 0 unspecified atom stereocenters. The van der Waals surface area contributed by atoms with Gasteiger partial charge in [0, 0.05) is 10.8 Å². The quantitative estimate of drug-likeness (QED) is 0.140. The number of rotatable bonds is 2. The van der Waals surface area contributed by atoms with Crippen LogP contribution in [-0.2, 0) is 0 Å². The minimum atomic E-state index is -0.955. The van der Waals surface area contributed by atoms with E-state index in [9.17, 15) is 15.1 Å². The van der Waals surface area contributed by atoms with Crippen molar-refractivity contribution in [1.82, 2.24) is 0 Å². The molecule has 214 valence electrons. The highest BCUT2D eigenvalue weighted by Crippen LogP contribution is 2.47. The summed E-state index contributed by atoms with van der Waals surface area (Å²) in [6.45, 7) is 1.35. The number of hydrogen-bond acceptors (Lipinski definition) is 1. The van der Waals surface area contributed by atoms with Crippen molar-refractivity contribution in [2.75, 3.05) is 0 Å². The van der Waals surface area contributed by atoms with E-state index in [0.29, 0.717) is 0 Å². The van der Waals surface area contributed by atoms with Crippen LogP contribution in [0.2, 0.25) is 0 Å². The fourth-order valence-corrected chi connectivity index (χ4v) is 6.08. The summed E-state index contributed by atoms with van der Waals surface area (Å²) in [4.78, 5) is 0. The highest BCUT2D eigenvalue weighted by Gasteiger charge is 2.20. The van der Waals surface area contributed by atoms with Crippen LogP contribution in [0.1, 0.15) is 39.8 Å². The second-order valence-electron chi connectivity index (χ2n) is 10.5. The van der Waals surface area contributed by atoms with E-state index in [0.717, 1.165) is 0 Å². The highest BCUT2D eigenvalue weighted by molar-refractivity contribution is 6.26. The first-order valence-corrected chi connectivity index (χ1v) is 13.9. The summed E-state index contributed by atoms with van der Waals surface area (Å²) in [6, 6.07) is -20.5. The molecule has 0 aliphatic carbocycles. The molecule has 9 aromatic carbocycles. The van der Waals surface area contributed by atoms with Crippen LogP contribution < -0.4 is 0 Å².